The van der Waals surface area contributed by atoms with Crippen molar-refractivity contribution in [2.75, 3.05) is 38.2 Å². The number of carbonyl (C=O) groups excluding carboxylic acids is 1. The van der Waals surface area contributed by atoms with Crippen molar-refractivity contribution in [2.45, 2.75) is 4.90 Å². The topological polar surface area (TPSA) is 112 Å². The summed E-state index contributed by atoms with van der Waals surface area (Å²) in [5, 5.41) is 9.24. The first-order valence-corrected chi connectivity index (χ1v) is 10.7. The van der Waals surface area contributed by atoms with Crippen molar-refractivity contribution in [1.82, 2.24) is 14.8 Å². The Labute approximate surface area is 166 Å². The van der Waals surface area contributed by atoms with Crippen LogP contribution in [0.5, 0.6) is 5.75 Å². The average Bonchev–Trinajstić information content (AvgIpc) is 3.21. The van der Waals surface area contributed by atoms with Crippen LogP contribution in [0.15, 0.2) is 41.4 Å². The van der Waals surface area contributed by atoms with Crippen LogP contribution in [0.2, 0.25) is 0 Å². The Morgan fingerprint density at radius 3 is 2.54 bits per heavy atom. The second-order valence-corrected chi connectivity index (χ2v) is 8.90. The first-order chi connectivity index (χ1) is 13.4. The lowest BCUT2D eigenvalue weighted by Gasteiger charge is -2.33. The van der Waals surface area contributed by atoms with E-state index in [1.807, 2.05) is 4.90 Å². The number of rotatable bonds is 6. The first kappa shape index (κ1) is 20.3. The van der Waals surface area contributed by atoms with Gasteiger partial charge in [-0.3, -0.25) is 10.0 Å². The Morgan fingerprint density at radius 1 is 1.25 bits per heavy atom. The van der Waals surface area contributed by atoms with E-state index >= 15 is 0 Å². The first-order valence-electron chi connectivity index (χ1n) is 8.41. The van der Waals surface area contributed by atoms with Gasteiger partial charge in [-0.25, -0.2) is 18.9 Å². The standard InChI is InChI=1S/C17H20N4O5S2/c1-26-13-2-5-15(6-3-13)28(24,25)21-10-8-20(9-11-21)17-18-12-14(27-17)4-7-16(22)19-23/h2-7,12,23H,8-11H2,1H3,(H,19,22). The lowest BCUT2D eigenvalue weighted by molar-refractivity contribution is -0.124. The van der Waals surface area contributed by atoms with Crippen molar-refractivity contribution < 1.29 is 23.2 Å². The van der Waals surface area contributed by atoms with Crippen LogP contribution in [-0.4, -0.2) is 62.1 Å². The summed E-state index contributed by atoms with van der Waals surface area (Å²) in [5.74, 6) is -0.0128. The lowest BCUT2D eigenvalue weighted by Crippen LogP contribution is -2.48. The molecular weight excluding hydrogens is 404 g/mol. The summed E-state index contributed by atoms with van der Waals surface area (Å²) >= 11 is 1.39. The van der Waals surface area contributed by atoms with Crippen LogP contribution in [0.25, 0.3) is 6.08 Å². The van der Waals surface area contributed by atoms with Crippen molar-refractivity contribution in [3.63, 3.8) is 0 Å². The fourth-order valence-electron chi connectivity index (χ4n) is 2.71. The summed E-state index contributed by atoms with van der Waals surface area (Å²) < 4.78 is 32.1. The van der Waals surface area contributed by atoms with E-state index in [2.05, 4.69) is 4.98 Å². The van der Waals surface area contributed by atoms with E-state index in [1.165, 1.54) is 34.3 Å². The molecule has 9 nitrogen and oxygen atoms in total. The number of piperazine rings is 1. The number of methoxy groups -OCH3 is 1. The number of aromatic nitrogens is 1. The van der Waals surface area contributed by atoms with Gasteiger partial charge in [-0.05, 0) is 30.3 Å². The van der Waals surface area contributed by atoms with E-state index in [9.17, 15) is 13.2 Å². The molecule has 1 aliphatic rings. The zero-order valence-electron chi connectivity index (χ0n) is 15.1. The van der Waals surface area contributed by atoms with Crippen LogP contribution in [0.4, 0.5) is 5.13 Å². The molecule has 0 aliphatic carbocycles. The van der Waals surface area contributed by atoms with Crippen LogP contribution in [-0.2, 0) is 14.8 Å². The number of nitrogens with one attached hydrogen (secondary N) is 1. The number of hydrogen-bond acceptors (Lipinski definition) is 8. The average molecular weight is 425 g/mol. The summed E-state index contributed by atoms with van der Waals surface area (Å²) in [4.78, 5) is 18.4. The van der Waals surface area contributed by atoms with Gasteiger partial charge in [0.05, 0.1) is 12.0 Å². The van der Waals surface area contributed by atoms with Crippen LogP contribution in [0.3, 0.4) is 0 Å². The molecule has 1 amide bonds. The minimum atomic E-state index is -3.55. The van der Waals surface area contributed by atoms with Gasteiger partial charge >= 0.3 is 0 Å². The molecule has 0 spiro atoms. The third-order valence-electron chi connectivity index (χ3n) is 4.23. The second kappa shape index (κ2) is 8.69. The van der Waals surface area contributed by atoms with Crippen molar-refractivity contribution in [2.24, 2.45) is 0 Å². The molecule has 2 N–H and O–H groups in total. The SMILES string of the molecule is COc1ccc(S(=O)(=O)N2CCN(c3ncc(C=CC(=O)NO)s3)CC2)cc1. The smallest absolute Gasteiger partial charge is 0.267 e. The highest BCUT2D eigenvalue weighted by Gasteiger charge is 2.29. The van der Waals surface area contributed by atoms with Gasteiger partial charge in [0.15, 0.2) is 5.13 Å². The number of carbonyl (C=O) groups is 1. The quantitative estimate of drug-likeness (QED) is 0.407. The van der Waals surface area contributed by atoms with E-state index in [1.54, 1.807) is 36.5 Å². The van der Waals surface area contributed by atoms with E-state index in [-0.39, 0.29) is 4.90 Å². The van der Waals surface area contributed by atoms with Crippen molar-refractivity contribution in [1.29, 1.82) is 0 Å². The van der Waals surface area contributed by atoms with Gasteiger partial charge in [-0.2, -0.15) is 4.31 Å². The minimum Gasteiger partial charge on any atom is -0.497 e. The lowest BCUT2D eigenvalue weighted by atomic mass is 10.3. The minimum absolute atomic E-state index is 0.241. The molecule has 0 unspecified atom stereocenters. The third-order valence-corrected chi connectivity index (χ3v) is 7.16. The van der Waals surface area contributed by atoms with Crippen LogP contribution >= 0.6 is 11.3 Å². The molecular formula is C17H20N4O5S2. The Balaban J connectivity index is 1.63. The van der Waals surface area contributed by atoms with Gasteiger partial charge in [0.1, 0.15) is 5.75 Å². The largest absolute Gasteiger partial charge is 0.497 e. The fraction of sp³-hybridized carbons (Fsp3) is 0.294. The monoisotopic (exact) mass is 424 g/mol. The van der Waals surface area contributed by atoms with Crippen LogP contribution in [0, 0.1) is 0 Å². The highest BCUT2D eigenvalue weighted by atomic mass is 32.2. The molecule has 28 heavy (non-hydrogen) atoms. The molecule has 11 heteroatoms. The zero-order chi connectivity index (χ0) is 20.1. The molecule has 1 fully saturated rings. The highest BCUT2D eigenvalue weighted by Crippen LogP contribution is 2.26. The van der Waals surface area contributed by atoms with E-state index in [0.29, 0.717) is 31.9 Å². The Kier molecular flexibility index (Phi) is 6.29. The molecule has 1 aliphatic heterocycles. The summed E-state index contributed by atoms with van der Waals surface area (Å²) in [6.07, 6.45) is 4.38. The van der Waals surface area contributed by atoms with E-state index in [4.69, 9.17) is 9.94 Å². The molecule has 2 aromatic rings. The normalized spacial score (nSPS) is 15.7. The van der Waals surface area contributed by atoms with Crippen molar-refractivity contribution >= 4 is 38.5 Å². The van der Waals surface area contributed by atoms with Gasteiger partial charge in [0, 0.05) is 43.3 Å². The van der Waals surface area contributed by atoms with Gasteiger partial charge < -0.3 is 9.64 Å². The predicted molar refractivity (Wildman–Crippen MR) is 105 cm³/mol. The van der Waals surface area contributed by atoms with E-state index in [0.717, 1.165) is 10.0 Å². The van der Waals surface area contributed by atoms with Crippen molar-refractivity contribution in [3.8, 4) is 5.75 Å². The summed E-state index contributed by atoms with van der Waals surface area (Å²) in [6, 6.07) is 6.35. The number of hydroxylamine groups is 1. The molecule has 1 aromatic heterocycles. The van der Waals surface area contributed by atoms with Crippen LogP contribution in [0.1, 0.15) is 4.88 Å². The Bertz CT molecular complexity index is 948. The maximum Gasteiger partial charge on any atom is 0.267 e. The fourth-order valence-corrected chi connectivity index (χ4v) is 5.00. The maximum absolute atomic E-state index is 12.8. The van der Waals surface area contributed by atoms with Gasteiger partial charge in [0.25, 0.3) is 5.91 Å². The molecule has 2 heterocycles. The Morgan fingerprint density at radius 2 is 1.93 bits per heavy atom. The van der Waals surface area contributed by atoms with Gasteiger partial charge in [-0.15, -0.1) is 0 Å². The molecule has 0 saturated carbocycles. The van der Waals surface area contributed by atoms with Gasteiger partial charge in [0.2, 0.25) is 10.0 Å². The number of sulfonamides is 1. The molecule has 0 bridgehead atoms. The number of anilines is 1. The second-order valence-electron chi connectivity index (χ2n) is 5.92. The summed E-state index contributed by atoms with van der Waals surface area (Å²) in [7, 11) is -2.02. The van der Waals surface area contributed by atoms with Crippen molar-refractivity contribution in [3.05, 3.63) is 41.4 Å². The number of benzene rings is 1. The molecule has 1 aromatic carbocycles. The number of nitrogens with zero attached hydrogens (tertiary/aromatic N) is 3. The number of hydrogen-bond donors (Lipinski definition) is 2. The Hall–Kier alpha value is -2.47. The molecule has 0 atom stereocenters. The maximum atomic E-state index is 12.8. The predicted octanol–water partition coefficient (Wildman–Crippen LogP) is 1.18. The molecule has 3 rings (SSSR count). The summed E-state index contributed by atoms with van der Waals surface area (Å²) in [5.41, 5.74) is 1.52. The molecule has 150 valence electrons. The number of ether oxygens (including phenoxy) is 1. The van der Waals surface area contributed by atoms with E-state index < -0.39 is 15.9 Å². The number of amides is 1. The zero-order valence-corrected chi connectivity index (χ0v) is 16.7. The number of thiazole rings is 1. The third kappa shape index (κ3) is 4.50. The van der Waals surface area contributed by atoms with Crippen LogP contribution < -0.4 is 15.1 Å². The van der Waals surface area contributed by atoms with Gasteiger partial charge in [-0.1, -0.05) is 11.3 Å². The highest BCUT2D eigenvalue weighted by molar-refractivity contribution is 7.89. The summed E-state index contributed by atoms with van der Waals surface area (Å²) in [6.45, 7) is 1.74. The molecule has 0 radical (unpaired) electrons. The molecule has 1 saturated heterocycles.